The number of methoxy groups -OCH3 is 2. The third-order valence-electron chi connectivity index (χ3n) is 5.30. The van der Waals surface area contributed by atoms with Crippen LogP contribution in [0.1, 0.15) is 11.3 Å². The number of rotatable bonds is 7. The van der Waals surface area contributed by atoms with E-state index in [9.17, 15) is 0 Å². The highest BCUT2D eigenvalue weighted by Crippen LogP contribution is 2.38. The Labute approximate surface area is 182 Å². The Morgan fingerprint density at radius 2 is 2.00 bits per heavy atom. The Bertz CT molecular complexity index is 981. The number of hydrogen-bond acceptors (Lipinski definition) is 8. The van der Waals surface area contributed by atoms with Crippen LogP contribution in [0, 0.1) is 0 Å². The fourth-order valence-electron chi connectivity index (χ4n) is 3.77. The SMILES string of the molecule is C=CC=C(C=COC)c1nc(N2CCOCC2)nc2c1CCN2c1ccc(OC)nc1. The molecule has 8 heteroatoms. The number of morpholine rings is 1. The van der Waals surface area contributed by atoms with Crippen LogP contribution in [-0.4, -0.2) is 62.0 Å². The average Bonchev–Trinajstić information content (AvgIpc) is 3.26. The molecule has 2 aromatic rings. The van der Waals surface area contributed by atoms with Gasteiger partial charge in [0.2, 0.25) is 11.8 Å². The number of nitrogens with zero attached hydrogens (tertiary/aromatic N) is 5. The summed E-state index contributed by atoms with van der Waals surface area (Å²) in [7, 11) is 3.24. The molecule has 31 heavy (non-hydrogen) atoms. The Morgan fingerprint density at radius 1 is 1.16 bits per heavy atom. The highest BCUT2D eigenvalue weighted by molar-refractivity contribution is 5.80. The minimum absolute atomic E-state index is 0.585. The fourth-order valence-corrected chi connectivity index (χ4v) is 3.77. The maximum absolute atomic E-state index is 5.52. The van der Waals surface area contributed by atoms with E-state index in [4.69, 9.17) is 24.2 Å². The van der Waals surface area contributed by atoms with Gasteiger partial charge in [0.1, 0.15) is 5.82 Å². The lowest BCUT2D eigenvalue weighted by Gasteiger charge is -2.28. The van der Waals surface area contributed by atoms with Crippen molar-refractivity contribution in [1.29, 1.82) is 0 Å². The highest BCUT2D eigenvalue weighted by Gasteiger charge is 2.29. The van der Waals surface area contributed by atoms with Crippen molar-refractivity contribution in [2.75, 3.05) is 56.9 Å². The van der Waals surface area contributed by atoms with Gasteiger partial charge in [0.25, 0.3) is 0 Å². The monoisotopic (exact) mass is 421 g/mol. The molecule has 0 N–H and O–H groups in total. The summed E-state index contributed by atoms with van der Waals surface area (Å²) in [6.45, 7) is 7.52. The molecule has 0 aromatic carbocycles. The van der Waals surface area contributed by atoms with Crippen LogP contribution in [0.2, 0.25) is 0 Å². The molecular weight excluding hydrogens is 394 g/mol. The zero-order valence-corrected chi connectivity index (χ0v) is 18.0. The molecule has 0 amide bonds. The van der Waals surface area contributed by atoms with Gasteiger partial charge in [-0.15, -0.1) is 0 Å². The lowest BCUT2D eigenvalue weighted by atomic mass is 10.1. The second-order valence-electron chi connectivity index (χ2n) is 7.13. The van der Waals surface area contributed by atoms with Gasteiger partial charge in [0.05, 0.1) is 51.3 Å². The van der Waals surface area contributed by atoms with Crippen LogP contribution in [0.15, 0.2) is 49.4 Å². The predicted molar refractivity (Wildman–Crippen MR) is 121 cm³/mol. The molecule has 0 unspecified atom stereocenters. The van der Waals surface area contributed by atoms with Gasteiger partial charge in [-0.3, -0.25) is 0 Å². The lowest BCUT2D eigenvalue weighted by Crippen LogP contribution is -2.37. The number of hydrogen-bond donors (Lipinski definition) is 0. The standard InChI is InChI=1S/C23H27N5O3/c1-4-5-17(9-13-29-2)21-19-8-10-28(18-6-7-20(30-3)24-16-18)22(19)26-23(25-21)27-11-14-31-15-12-27/h4-7,9,13,16H,1,8,10-12,14-15H2,2-3H3. The molecule has 2 aliphatic rings. The van der Waals surface area contributed by atoms with E-state index in [1.54, 1.807) is 26.6 Å². The van der Waals surface area contributed by atoms with E-state index in [-0.39, 0.29) is 0 Å². The maximum atomic E-state index is 5.52. The molecule has 0 radical (unpaired) electrons. The van der Waals surface area contributed by atoms with Crippen molar-refractivity contribution in [3.05, 3.63) is 60.7 Å². The molecule has 1 saturated heterocycles. The van der Waals surface area contributed by atoms with Crippen LogP contribution in [0.4, 0.5) is 17.5 Å². The van der Waals surface area contributed by atoms with Crippen molar-refractivity contribution in [2.24, 2.45) is 0 Å². The second kappa shape index (κ2) is 9.61. The van der Waals surface area contributed by atoms with Crippen molar-refractivity contribution in [1.82, 2.24) is 15.0 Å². The smallest absolute Gasteiger partial charge is 0.228 e. The minimum Gasteiger partial charge on any atom is -0.504 e. The van der Waals surface area contributed by atoms with Gasteiger partial charge in [-0.1, -0.05) is 18.7 Å². The first kappa shape index (κ1) is 20.9. The summed E-state index contributed by atoms with van der Waals surface area (Å²) in [5, 5.41) is 0. The summed E-state index contributed by atoms with van der Waals surface area (Å²) in [6, 6.07) is 3.87. The van der Waals surface area contributed by atoms with Gasteiger partial charge in [-0.25, -0.2) is 9.97 Å². The number of ether oxygens (including phenoxy) is 3. The maximum Gasteiger partial charge on any atom is 0.228 e. The molecule has 0 spiro atoms. The van der Waals surface area contributed by atoms with E-state index in [1.165, 1.54) is 0 Å². The van der Waals surface area contributed by atoms with Crippen LogP contribution >= 0.6 is 0 Å². The van der Waals surface area contributed by atoms with Gasteiger partial charge < -0.3 is 24.0 Å². The molecule has 0 aliphatic carbocycles. The van der Waals surface area contributed by atoms with Crippen molar-refractivity contribution in [3.8, 4) is 5.88 Å². The summed E-state index contributed by atoms with van der Waals surface area (Å²) in [6.07, 6.45) is 9.91. The van der Waals surface area contributed by atoms with Crippen LogP contribution in [0.25, 0.3) is 5.57 Å². The summed E-state index contributed by atoms with van der Waals surface area (Å²) in [4.78, 5) is 18.7. The molecule has 4 heterocycles. The lowest BCUT2D eigenvalue weighted by molar-refractivity contribution is 0.122. The molecule has 0 saturated carbocycles. The first-order chi connectivity index (χ1) is 15.2. The molecule has 0 bridgehead atoms. The number of anilines is 3. The van der Waals surface area contributed by atoms with E-state index in [1.807, 2.05) is 30.5 Å². The molecule has 162 valence electrons. The topological polar surface area (TPSA) is 72.8 Å². The van der Waals surface area contributed by atoms with Crippen molar-refractivity contribution >= 4 is 23.0 Å². The molecule has 4 rings (SSSR count). The Balaban J connectivity index is 1.81. The Kier molecular flexibility index (Phi) is 6.47. The van der Waals surface area contributed by atoms with E-state index < -0.39 is 0 Å². The normalized spacial score (nSPS) is 16.5. The minimum atomic E-state index is 0.585. The van der Waals surface area contributed by atoms with Gasteiger partial charge in [-0.2, -0.15) is 4.98 Å². The Morgan fingerprint density at radius 3 is 2.68 bits per heavy atom. The quantitative estimate of drug-likeness (QED) is 0.499. The van der Waals surface area contributed by atoms with Crippen LogP contribution < -0.4 is 14.5 Å². The van der Waals surface area contributed by atoms with E-state index in [0.29, 0.717) is 25.0 Å². The van der Waals surface area contributed by atoms with E-state index in [0.717, 1.165) is 54.4 Å². The average molecular weight is 422 g/mol. The van der Waals surface area contributed by atoms with Crippen LogP contribution in [-0.2, 0) is 15.9 Å². The first-order valence-corrected chi connectivity index (χ1v) is 10.3. The summed E-state index contributed by atoms with van der Waals surface area (Å²) in [5.41, 5.74) is 3.89. The van der Waals surface area contributed by atoms with Crippen LogP contribution in [0.5, 0.6) is 5.88 Å². The fraction of sp³-hybridized carbons (Fsp3) is 0.348. The van der Waals surface area contributed by atoms with Crippen molar-refractivity contribution in [2.45, 2.75) is 6.42 Å². The van der Waals surface area contributed by atoms with Crippen molar-refractivity contribution < 1.29 is 14.2 Å². The zero-order chi connectivity index (χ0) is 21.6. The van der Waals surface area contributed by atoms with Gasteiger partial charge in [0.15, 0.2) is 0 Å². The van der Waals surface area contributed by atoms with E-state index in [2.05, 4.69) is 21.4 Å². The largest absolute Gasteiger partial charge is 0.504 e. The number of pyridine rings is 1. The van der Waals surface area contributed by atoms with Gasteiger partial charge in [0, 0.05) is 36.8 Å². The number of aromatic nitrogens is 3. The third-order valence-corrected chi connectivity index (χ3v) is 5.30. The predicted octanol–water partition coefficient (Wildman–Crippen LogP) is 3.14. The third kappa shape index (κ3) is 4.39. The molecular formula is C23H27N5O3. The highest BCUT2D eigenvalue weighted by atomic mass is 16.5. The molecule has 2 aromatic heterocycles. The second-order valence-corrected chi connectivity index (χ2v) is 7.13. The molecule has 2 aliphatic heterocycles. The van der Waals surface area contributed by atoms with Gasteiger partial charge >= 0.3 is 0 Å². The van der Waals surface area contributed by atoms with E-state index >= 15 is 0 Å². The van der Waals surface area contributed by atoms with Crippen LogP contribution in [0.3, 0.4) is 0 Å². The molecule has 8 nitrogen and oxygen atoms in total. The zero-order valence-electron chi connectivity index (χ0n) is 18.0. The van der Waals surface area contributed by atoms with Crippen molar-refractivity contribution in [3.63, 3.8) is 0 Å². The number of fused-ring (bicyclic) bond motifs is 1. The molecule has 0 atom stereocenters. The summed E-state index contributed by atoms with van der Waals surface area (Å²) in [5.74, 6) is 2.19. The first-order valence-electron chi connectivity index (χ1n) is 10.3. The summed E-state index contributed by atoms with van der Waals surface area (Å²) >= 11 is 0. The Hall–Kier alpha value is -3.39. The number of allylic oxidation sites excluding steroid dienone is 4. The van der Waals surface area contributed by atoms with Gasteiger partial charge in [-0.05, 0) is 18.6 Å². The molecule has 1 fully saturated rings. The summed E-state index contributed by atoms with van der Waals surface area (Å²) < 4.78 is 15.9.